The van der Waals surface area contributed by atoms with Crippen molar-refractivity contribution in [3.05, 3.63) is 83.9 Å². The number of thiophene rings is 1. The van der Waals surface area contributed by atoms with Gasteiger partial charge in [-0.25, -0.2) is 0 Å². The molecule has 26 heavy (non-hydrogen) atoms. The third-order valence-electron chi connectivity index (χ3n) is 3.69. The highest BCUT2D eigenvalue weighted by atomic mass is 32.1. The Labute approximate surface area is 154 Å². The molecule has 4 aromatic rings. The van der Waals surface area contributed by atoms with Crippen molar-refractivity contribution in [2.75, 3.05) is 5.32 Å². The molecule has 0 aliphatic carbocycles. The zero-order valence-corrected chi connectivity index (χ0v) is 14.5. The second-order valence-electron chi connectivity index (χ2n) is 5.54. The number of nitrogens with zero attached hydrogens (tertiary/aromatic N) is 1. The summed E-state index contributed by atoms with van der Waals surface area (Å²) in [6, 6.07) is 22.4. The van der Waals surface area contributed by atoms with E-state index in [-0.39, 0.29) is 5.91 Å². The van der Waals surface area contributed by atoms with Gasteiger partial charge in [0.25, 0.3) is 5.91 Å². The van der Waals surface area contributed by atoms with Crippen molar-refractivity contribution in [3.8, 4) is 22.1 Å². The number of H-pyrrole nitrogens is 1. The van der Waals surface area contributed by atoms with Gasteiger partial charge in [-0.1, -0.05) is 24.3 Å². The Kier molecular flexibility index (Phi) is 4.49. The Morgan fingerprint density at radius 1 is 0.962 bits per heavy atom. The van der Waals surface area contributed by atoms with Gasteiger partial charge in [-0.3, -0.25) is 9.89 Å². The maximum Gasteiger partial charge on any atom is 0.276 e. The summed E-state index contributed by atoms with van der Waals surface area (Å²) in [5.74, 6) is 1.21. The van der Waals surface area contributed by atoms with Crippen LogP contribution in [-0.2, 0) is 0 Å². The molecule has 0 bridgehead atoms. The molecular formula is C20H15N3O2S. The Balaban J connectivity index is 1.41. The van der Waals surface area contributed by atoms with Crippen LogP contribution in [0.4, 0.5) is 5.69 Å². The normalized spacial score (nSPS) is 10.5. The fraction of sp³-hybridized carbons (Fsp3) is 0. The molecule has 1 amide bonds. The molecule has 0 saturated heterocycles. The van der Waals surface area contributed by atoms with Gasteiger partial charge in [0, 0.05) is 5.69 Å². The van der Waals surface area contributed by atoms with Gasteiger partial charge in [-0.2, -0.15) is 5.10 Å². The topological polar surface area (TPSA) is 67.0 Å². The van der Waals surface area contributed by atoms with E-state index in [0.717, 1.165) is 16.3 Å². The van der Waals surface area contributed by atoms with Crippen molar-refractivity contribution in [1.29, 1.82) is 0 Å². The summed E-state index contributed by atoms with van der Waals surface area (Å²) < 4.78 is 5.74. The lowest BCUT2D eigenvalue weighted by atomic mass is 10.2. The minimum absolute atomic E-state index is 0.263. The average Bonchev–Trinajstić information content (AvgIpc) is 3.36. The number of hydrogen-bond donors (Lipinski definition) is 2. The number of ether oxygens (including phenoxy) is 1. The van der Waals surface area contributed by atoms with Crippen LogP contribution in [0, 0.1) is 0 Å². The number of anilines is 1. The minimum atomic E-state index is -0.263. The van der Waals surface area contributed by atoms with Crippen LogP contribution in [0.2, 0.25) is 0 Å². The first-order valence-electron chi connectivity index (χ1n) is 8.01. The number of rotatable bonds is 5. The van der Waals surface area contributed by atoms with Crippen molar-refractivity contribution < 1.29 is 9.53 Å². The summed E-state index contributed by atoms with van der Waals surface area (Å²) in [4.78, 5) is 13.4. The summed E-state index contributed by atoms with van der Waals surface area (Å²) in [6.07, 6.45) is 0. The van der Waals surface area contributed by atoms with Gasteiger partial charge in [0.2, 0.25) is 0 Å². The molecule has 0 atom stereocenters. The number of aromatic nitrogens is 2. The highest BCUT2D eigenvalue weighted by Gasteiger charge is 2.12. The number of aromatic amines is 1. The van der Waals surface area contributed by atoms with Gasteiger partial charge >= 0.3 is 0 Å². The zero-order chi connectivity index (χ0) is 17.8. The largest absolute Gasteiger partial charge is 0.457 e. The summed E-state index contributed by atoms with van der Waals surface area (Å²) in [7, 11) is 0. The lowest BCUT2D eigenvalue weighted by Gasteiger charge is -2.07. The molecule has 0 spiro atoms. The van der Waals surface area contributed by atoms with E-state index < -0.39 is 0 Å². The molecule has 0 saturated carbocycles. The standard InChI is InChI=1S/C20H15N3O2S/c24-20(18-13-17(22-23-18)19-7-4-12-26-19)21-14-8-10-16(11-9-14)25-15-5-2-1-3-6-15/h1-13H,(H,21,24)(H,22,23). The van der Waals surface area contributed by atoms with Crippen LogP contribution < -0.4 is 10.1 Å². The van der Waals surface area contributed by atoms with Crippen LogP contribution in [-0.4, -0.2) is 16.1 Å². The van der Waals surface area contributed by atoms with Gasteiger partial charge < -0.3 is 10.1 Å². The van der Waals surface area contributed by atoms with E-state index in [1.807, 2.05) is 60.0 Å². The molecule has 0 radical (unpaired) electrons. The molecule has 0 unspecified atom stereocenters. The summed E-state index contributed by atoms with van der Waals surface area (Å²) in [5, 5.41) is 11.8. The molecule has 0 fully saturated rings. The third-order valence-corrected chi connectivity index (χ3v) is 4.59. The Morgan fingerprint density at radius 3 is 2.46 bits per heavy atom. The van der Waals surface area contributed by atoms with Crippen molar-refractivity contribution in [3.63, 3.8) is 0 Å². The average molecular weight is 361 g/mol. The van der Waals surface area contributed by atoms with Crippen molar-refractivity contribution >= 4 is 22.9 Å². The Hall–Kier alpha value is -3.38. The molecule has 128 valence electrons. The highest BCUT2D eigenvalue weighted by molar-refractivity contribution is 7.13. The van der Waals surface area contributed by atoms with Crippen molar-refractivity contribution in [2.45, 2.75) is 0 Å². The summed E-state index contributed by atoms with van der Waals surface area (Å²) in [5.41, 5.74) is 1.85. The van der Waals surface area contributed by atoms with Gasteiger partial charge in [0.05, 0.1) is 10.6 Å². The molecule has 0 aliphatic heterocycles. The smallest absolute Gasteiger partial charge is 0.276 e. The van der Waals surface area contributed by atoms with E-state index in [2.05, 4.69) is 15.5 Å². The molecule has 5 nitrogen and oxygen atoms in total. The number of carbonyl (C=O) groups is 1. The maximum atomic E-state index is 12.4. The lowest BCUT2D eigenvalue weighted by Crippen LogP contribution is -2.12. The SMILES string of the molecule is O=C(Nc1ccc(Oc2ccccc2)cc1)c1cc(-c2cccs2)[nH]n1. The first-order chi connectivity index (χ1) is 12.8. The molecule has 0 aliphatic rings. The highest BCUT2D eigenvalue weighted by Crippen LogP contribution is 2.24. The fourth-order valence-electron chi connectivity index (χ4n) is 2.42. The van der Waals surface area contributed by atoms with Crippen molar-refractivity contribution in [1.82, 2.24) is 10.2 Å². The van der Waals surface area contributed by atoms with E-state index in [1.54, 1.807) is 29.5 Å². The third kappa shape index (κ3) is 3.65. The summed E-state index contributed by atoms with van der Waals surface area (Å²) in [6.45, 7) is 0. The minimum Gasteiger partial charge on any atom is -0.457 e. The van der Waals surface area contributed by atoms with E-state index in [1.165, 1.54) is 0 Å². The number of hydrogen-bond acceptors (Lipinski definition) is 4. The fourth-order valence-corrected chi connectivity index (χ4v) is 3.11. The molecule has 2 N–H and O–H groups in total. The predicted molar refractivity (Wildman–Crippen MR) is 103 cm³/mol. The molecule has 6 heteroatoms. The van der Waals surface area contributed by atoms with Gasteiger partial charge in [0.15, 0.2) is 5.69 Å². The predicted octanol–water partition coefficient (Wildman–Crippen LogP) is 5.18. The van der Waals surface area contributed by atoms with Gasteiger partial charge in [-0.15, -0.1) is 11.3 Å². The van der Waals surface area contributed by atoms with Crippen molar-refractivity contribution in [2.24, 2.45) is 0 Å². The number of nitrogens with one attached hydrogen (secondary N) is 2. The number of carbonyl (C=O) groups excluding carboxylic acids is 1. The number of amides is 1. The first-order valence-corrected chi connectivity index (χ1v) is 8.89. The number of para-hydroxylation sites is 1. The quantitative estimate of drug-likeness (QED) is 0.514. The van der Waals surface area contributed by atoms with Crippen LogP contribution in [0.5, 0.6) is 11.5 Å². The van der Waals surface area contributed by atoms with E-state index in [4.69, 9.17) is 4.74 Å². The molecular weight excluding hydrogens is 346 g/mol. The lowest BCUT2D eigenvalue weighted by molar-refractivity contribution is 0.102. The van der Waals surface area contributed by atoms with Crippen LogP contribution in [0.3, 0.4) is 0 Å². The zero-order valence-electron chi connectivity index (χ0n) is 13.7. The first kappa shape index (κ1) is 16.1. The number of benzene rings is 2. The Bertz CT molecular complexity index is 993. The Morgan fingerprint density at radius 2 is 1.73 bits per heavy atom. The van der Waals surface area contributed by atoms with E-state index in [9.17, 15) is 4.79 Å². The molecule has 2 aromatic carbocycles. The molecule has 2 heterocycles. The summed E-state index contributed by atoms with van der Waals surface area (Å²) >= 11 is 1.59. The van der Waals surface area contributed by atoms with Gasteiger partial charge in [0.1, 0.15) is 11.5 Å². The molecule has 2 aromatic heterocycles. The second-order valence-corrected chi connectivity index (χ2v) is 6.49. The van der Waals surface area contributed by atoms with E-state index >= 15 is 0 Å². The van der Waals surface area contributed by atoms with Crippen LogP contribution in [0.25, 0.3) is 10.6 Å². The van der Waals surface area contributed by atoms with E-state index in [0.29, 0.717) is 17.1 Å². The van der Waals surface area contributed by atoms with Crippen LogP contribution >= 0.6 is 11.3 Å². The monoisotopic (exact) mass is 361 g/mol. The second kappa shape index (κ2) is 7.25. The molecule has 4 rings (SSSR count). The van der Waals surface area contributed by atoms with Crippen LogP contribution in [0.1, 0.15) is 10.5 Å². The maximum absolute atomic E-state index is 12.4. The van der Waals surface area contributed by atoms with Crippen LogP contribution in [0.15, 0.2) is 78.2 Å². The van der Waals surface area contributed by atoms with Gasteiger partial charge in [-0.05, 0) is 53.9 Å².